The molecule has 528 valence electrons. The average molecular weight is 1320 g/mol. The van der Waals surface area contributed by atoms with E-state index in [0.29, 0.717) is 0 Å². The molecular formula is C82H150MgO6S2. The predicted molar refractivity (Wildman–Crippen MR) is 398 cm³/mol. The van der Waals surface area contributed by atoms with Gasteiger partial charge in [-0.1, -0.05) is 449 Å². The van der Waals surface area contributed by atoms with Crippen LogP contribution in [-0.4, -0.2) is 49.0 Å². The number of unbranched alkanes of at least 4 members (excludes halogenated alkanes) is 64. The summed E-state index contributed by atoms with van der Waals surface area (Å²) in [6.07, 6.45) is 95.0. The zero-order valence-electron chi connectivity index (χ0n) is 60.7. The molecule has 91 heavy (non-hydrogen) atoms. The molecule has 6 nitrogen and oxygen atoms in total. The molecule has 2 rings (SSSR count). The molecule has 0 saturated heterocycles. The van der Waals surface area contributed by atoms with Gasteiger partial charge in [-0.2, -0.15) is 0 Å². The van der Waals surface area contributed by atoms with E-state index in [2.05, 4.69) is 13.8 Å². The van der Waals surface area contributed by atoms with Gasteiger partial charge in [0.15, 0.2) is 0 Å². The summed E-state index contributed by atoms with van der Waals surface area (Å²) in [5.74, 6) is 0. The first-order valence-electron chi connectivity index (χ1n) is 40.2. The molecule has 0 radical (unpaired) electrons. The average Bonchev–Trinajstić information content (AvgIpc) is 1.96. The van der Waals surface area contributed by atoms with Crippen molar-refractivity contribution in [2.45, 2.75) is 460 Å². The Morgan fingerprint density at radius 3 is 0.484 bits per heavy atom. The molecule has 0 aliphatic rings. The Bertz CT molecular complexity index is 1850. The molecule has 0 spiro atoms. The number of rotatable bonds is 70. The Morgan fingerprint density at radius 2 is 0.352 bits per heavy atom. The molecule has 0 fully saturated rings. The van der Waals surface area contributed by atoms with Gasteiger partial charge in [-0.25, -0.2) is 16.8 Å². The van der Waals surface area contributed by atoms with E-state index in [9.17, 15) is 25.9 Å². The Balaban J connectivity index is 0.00000176. The van der Waals surface area contributed by atoms with Crippen LogP contribution >= 0.6 is 0 Å². The van der Waals surface area contributed by atoms with Crippen molar-refractivity contribution in [2.24, 2.45) is 0 Å². The minimum Gasteiger partial charge on any atom is -0.744 e. The smallest absolute Gasteiger partial charge is 0.744 e. The van der Waals surface area contributed by atoms with Crippen LogP contribution in [0.1, 0.15) is 449 Å². The van der Waals surface area contributed by atoms with Crippen LogP contribution in [0, 0.1) is 0 Å². The molecule has 0 aliphatic heterocycles. The molecule has 0 heterocycles. The summed E-state index contributed by atoms with van der Waals surface area (Å²) in [7, 11) is -8.69. The van der Waals surface area contributed by atoms with Crippen LogP contribution in [0.2, 0.25) is 0 Å². The second-order valence-electron chi connectivity index (χ2n) is 28.3. The normalized spacial score (nSPS) is 11.7. The van der Waals surface area contributed by atoms with Crippen LogP contribution in [-0.2, 0) is 33.1 Å². The van der Waals surface area contributed by atoms with Gasteiger partial charge in [0.2, 0.25) is 0 Å². The first kappa shape index (κ1) is 90.0. The standard InChI is InChI=1S/2C41H76O3S.Mg/c2*1-2-3-4-5-6-7-8-9-10-11-12-13-14-15-16-17-18-19-20-21-22-23-24-25-26-27-28-29-30-31-32-33-34-36-40-37-35-38-41(39-40)45(42,43)44;/h2*35,37-39H,2-34,36H2,1H3,(H,42,43,44);/q;;+2/p-2. The largest absolute Gasteiger partial charge is 2.00 e. The fourth-order valence-electron chi connectivity index (χ4n) is 13.5. The maximum absolute atomic E-state index is 11.2. The SMILES string of the molecule is CCCCCCCCCCCCCCCCCCCCCCCCCCCCCCCCCCCc1cccc(S(=O)(=O)[O-])c1.CCCCCCCCCCCCCCCCCCCCCCCCCCCCCCCCCCCc1cccc(S(=O)(=O)[O-])c1.[Mg+2]. The van der Waals surface area contributed by atoms with Gasteiger partial charge >= 0.3 is 23.1 Å². The van der Waals surface area contributed by atoms with Crippen molar-refractivity contribution in [2.75, 3.05) is 0 Å². The molecule has 0 aromatic heterocycles. The van der Waals surface area contributed by atoms with Gasteiger partial charge in [0.1, 0.15) is 20.2 Å². The predicted octanol–water partition coefficient (Wildman–Crippen LogP) is 27.7. The van der Waals surface area contributed by atoms with E-state index in [4.69, 9.17) is 0 Å². The van der Waals surface area contributed by atoms with E-state index in [1.165, 1.54) is 435 Å². The van der Waals surface area contributed by atoms with Gasteiger partial charge in [-0.15, -0.1) is 0 Å². The van der Waals surface area contributed by atoms with E-state index in [0.717, 1.165) is 36.8 Å². The summed E-state index contributed by atoms with van der Waals surface area (Å²) in [4.78, 5) is -0.211. The summed E-state index contributed by atoms with van der Waals surface area (Å²) >= 11 is 0. The van der Waals surface area contributed by atoms with Crippen LogP contribution in [0.3, 0.4) is 0 Å². The van der Waals surface area contributed by atoms with Crippen LogP contribution < -0.4 is 0 Å². The summed E-state index contributed by atoms with van der Waals surface area (Å²) in [6.45, 7) is 4.60. The van der Waals surface area contributed by atoms with Gasteiger partial charge in [0.25, 0.3) is 0 Å². The summed E-state index contributed by atoms with van der Waals surface area (Å²) in [6, 6.07) is 13.0. The maximum atomic E-state index is 11.2. The maximum Gasteiger partial charge on any atom is 2.00 e. The molecule has 2 aromatic carbocycles. The van der Waals surface area contributed by atoms with Gasteiger partial charge in [-0.3, -0.25) is 0 Å². The topological polar surface area (TPSA) is 114 Å². The third kappa shape index (κ3) is 66.1. The molecule has 9 heteroatoms. The van der Waals surface area contributed by atoms with E-state index in [1.807, 2.05) is 12.1 Å². The summed E-state index contributed by atoms with van der Waals surface area (Å²) < 4.78 is 66.9. The quantitative estimate of drug-likeness (QED) is 0.0370. The molecule has 0 unspecified atom stereocenters. The van der Waals surface area contributed by atoms with Crippen molar-refractivity contribution in [3.63, 3.8) is 0 Å². The van der Waals surface area contributed by atoms with E-state index in [1.54, 1.807) is 12.1 Å². The van der Waals surface area contributed by atoms with Crippen LogP contribution in [0.5, 0.6) is 0 Å². The van der Waals surface area contributed by atoms with Crippen LogP contribution in [0.25, 0.3) is 0 Å². The van der Waals surface area contributed by atoms with Crippen molar-refractivity contribution in [1.29, 1.82) is 0 Å². The van der Waals surface area contributed by atoms with Crippen molar-refractivity contribution < 1.29 is 25.9 Å². The molecule has 2 aromatic rings. The number of hydrogen-bond acceptors (Lipinski definition) is 6. The molecule has 0 amide bonds. The van der Waals surface area contributed by atoms with Gasteiger partial charge in [-0.05, 0) is 61.1 Å². The fourth-order valence-corrected chi connectivity index (χ4v) is 14.6. The summed E-state index contributed by atoms with van der Waals surface area (Å²) in [5, 5.41) is 0. The second-order valence-corrected chi connectivity index (χ2v) is 31.1. The second kappa shape index (κ2) is 70.3. The van der Waals surface area contributed by atoms with Crippen LogP contribution in [0.4, 0.5) is 0 Å². The first-order chi connectivity index (χ1) is 44.1. The zero-order chi connectivity index (χ0) is 65.0. The third-order valence-electron chi connectivity index (χ3n) is 19.5. The Kier molecular flexibility index (Phi) is 69.6. The minimum absolute atomic E-state index is 0. The third-order valence-corrected chi connectivity index (χ3v) is 21.2. The van der Waals surface area contributed by atoms with E-state index in [-0.39, 0.29) is 32.8 Å². The van der Waals surface area contributed by atoms with Crippen molar-refractivity contribution in [3.05, 3.63) is 59.7 Å². The molecule has 0 bridgehead atoms. The number of benzene rings is 2. The van der Waals surface area contributed by atoms with Crippen LogP contribution in [0.15, 0.2) is 58.3 Å². The Hall–Kier alpha value is -0.974. The fraction of sp³-hybridized carbons (Fsp3) is 0.854. The van der Waals surface area contributed by atoms with Crippen molar-refractivity contribution >= 4 is 43.3 Å². The molecule has 0 aliphatic carbocycles. The van der Waals surface area contributed by atoms with E-state index >= 15 is 0 Å². The molecule has 0 N–H and O–H groups in total. The Labute approximate surface area is 585 Å². The zero-order valence-corrected chi connectivity index (χ0v) is 63.7. The number of hydrogen-bond donors (Lipinski definition) is 0. The minimum atomic E-state index is -4.35. The molecule has 0 saturated carbocycles. The van der Waals surface area contributed by atoms with Gasteiger partial charge in [0, 0.05) is 0 Å². The van der Waals surface area contributed by atoms with Gasteiger partial charge < -0.3 is 9.11 Å². The summed E-state index contributed by atoms with van der Waals surface area (Å²) in [5.41, 5.74) is 1.90. The van der Waals surface area contributed by atoms with Crippen molar-refractivity contribution in [1.82, 2.24) is 0 Å². The van der Waals surface area contributed by atoms with E-state index < -0.39 is 20.2 Å². The number of aryl methyl sites for hydroxylation is 2. The molecule has 0 atom stereocenters. The first-order valence-corrected chi connectivity index (χ1v) is 43.0. The molecular weight excluding hydrogens is 1170 g/mol. The van der Waals surface area contributed by atoms with Gasteiger partial charge in [0.05, 0.1) is 9.79 Å². The van der Waals surface area contributed by atoms with Crippen molar-refractivity contribution in [3.8, 4) is 0 Å². The Morgan fingerprint density at radius 1 is 0.220 bits per heavy atom. The monoisotopic (exact) mass is 1320 g/mol.